The van der Waals surface area contributed by atoms with Crippen molar-refractivity contribution in [2.45, 2.75) is 25.8 Å². The molecule has 5 heteroatoms. The van der Waals surface area contributed by atoms with E-state index >= 15 is 0 Å². The summed E-state index contributed by atoms with van der Waals surface area (Å²) in [5, 5.41) is 11.9. The lowest BCUT2D eigenvalue weighted by molar-refractivity contribution is -0.137. The van der Waals surface area contributed by atoms with Crippen LogP contribution in [-0.4, -0.2) is 27.6 Å². The van der Waals surface area contributed by atoms with Crippen molar-refractivity contribution in [3.05, 3.63) is 23.3 Å². The van der Waals surface area contributed by atoms with Crippen LogP contribution in [-0.2, 0) is 11.2 Å². The van der Waals surface area contributed by atoms with Crippen molar-refractivity contribution in [3.8, 4) is 0 Å². The van der Waals surface area contributed by atoms with E-state index in [9.17, 15) is 4.79 Å². The lowest BCUT2D eigenvalue weighted by Crippen LogP contribution is -2.33. The van der Waals surface area contributed by atoms with Gasteiger partial charge in [0.1, 0.15) is 6.33 Å². The maximum absolute atomic E-state index is 10.7. The van der Waals surface area contributed by atoms with Crippen molar-refractivity contribution in [1.82, 2.24) is 15.3 Å². The highest BCUT2D eigenvalue weighted by Crippen LogP contribution is 2.24. The van der Waals surface area contributed by atoms with E-state index in [1.54, 1.807) is 0 Å². The monoisotopic (exact) mass is 207 g/mol. The molecule has 0 bridgehead atoms. The van der Waals surface area contributed by atoms with Crippen LogP contribution in [0, 0.1) is 6.92 Å². The number of aliphatic carboxylic acids is 1. The fourth-order valence-corrected chi connectivity index (χ4v) is 1.94. The number of nitrogens with zero attached hydrogens (tertiary/aromatic N) is 2. The zero-order valence-electron chi connectivity index (χ0n) is 8.53. The molecule has 0 amide bonds. The summed E-state index contributed by atoms with van der Waals surface area (Å²) in [6.45, 7) is 2.73. The van der Waals surface area contributed by atoms with Crippen LogP contribution >= 0.6 is 0 Å². The average molecular weight is 207 g/mol. The molecule has 0 saturated heterocycles. The minimum absolute atomic E-state index is 0.0729. The van der Waals surface area contributed by atoms with E-state index in [1.165, 1.54) is 6.33 Å². The van der Waals surface area contributed by atoms with E-state index in [2.05, 4.69) is 15.3 Å². The maximum Gasteiger partial charge on any atom is 0.305 e. The van der Waals surface area contributed by atoms with Gasteiger partial charge in [-0.05, 0) is 25.5 Å². The van der Waals surface area contributed by atoms with Gasteiger partial charge in [0.05, 0.1) is 18.2 Å². The van der Waals surface area contributed by atoms with Crippen LogP contribution < -0.4 is 5.32 Å². The second-order valence-electron chi connectivity index (χ2n) is 3.68. The first-order chi connectivity index (χ1) is 7.18. The highest BCUT2D eigenvalue weighted by Gasteiger charge is 2.24. The molecule has 0 fully saturated rings. The number of nitrogens with one attached hydrogen (secondary N) is 1. The van der Waals surface area contributed by atoms with Gasteiger partial charge in [0.2, 0.25) is 0 Å². The Morgan fingerprint density at radius 1 is 1.67 bits per heavy atom. The van der Waals surface area contributed by atoms with Crippen LogP contribution in [0.5, 0.6) is 0 Å². The van der Waals surface area contributed by atoms with E-state index < -0.39 is 5.97 Å². The molecule has 1 unspecified atom stereocenters. The van der Waals surface area contributed by atoms with Gasteiger partial charge in [-0.25, -0.2) is 9.97 Å². The van der Waals surface area contributed by atoms with Crippen molar-refractivity contribution < 1.29 is 9.90 Å². The minimum atomic E-state index is -0.809. The fourth-order valence-electron chi connectivity index (χ4n) is 1.94. The second kappa shape index (κ2) is 3.94. The second-order valence-corrected chi connectivity index (χ2v) is 3.68. The van der Waals surface area contributed by atoms with E-state index in [0.29, 0.717) is 0 Å². The Balaban J connectivity index is 2.34. The van der Waals surface area contributed by atoms with Crippen LogP contribution in [0.1, 0.15) is 29.4 Å². The third-order valence-corrected chi connectivity index (χ3v) is 2.67. The van der Waals surface area contributed by atoms with Crippen molar-refractivity contribution in [3.63, 3.8) is 0 Å². The Morgan fingerprint density at radius 2 is 2.47 bits per heavy atom. The predicted molar refractivity (Wildman–Crippen MR) is 53.5 cm³/mol. The molecule has 1 atom stereocenters. The van der Waals surface area contributed by atoms with Gasteiger partial charge in [-0.2, -0.15) is 0 Å². The zero-order chi connectivity index (χ0) is 10.8. The van der Waals surface area contributed by atoms with Crippen LogP contribution in [0.25, 0.3) is 0 Å². The summed E-state index contributed by atoms with van der Waals surface area (Å²) in [4.78, 5) is 19.0. The van der Waals surface area contributed by atoms with Crippen molar-refractivity contribution in [2.24, 2.45) is 0 Å². The molecule has 2 N–H and O–H groups in total. The average Bonchev–Trinajstić information content (AvgIpc) is 2.19. The zero-order valence-corrected chi connectivity index (χ0v) is 8.53. The summed E-state index contributed by atoms with van der Waals surface area (Å²) in [6, 6.07) is -0.173. The van der Waals surface area contributed by atoms with Gasteiger partial charge in [-0.3, -0.25) is 4.79 Å². The summed E-state index contributed by atoms with van der Waals surface area (Å²) in [5.74, 6) is -0.809. The number of carbonyl (C=O) groups is 1. The number of hydrogen-bond donors (Lipinski definition) is 2. The van der Waals surface area contributed by atoms with Gasteiger partial charge >= 0.3 is 5.97 Å². The molecule has 1 aromatic rings. The van der Waals surface area contributed by atoms with E-state index in [4.69, 9.17) is 5.11 Å². The summed E-state index contributed by atoms with van der Waals surface area (Å²) in [5.41, 5.74) is 2.90. The van der Waals surface area contributed by atoms with E-state index in [0.717, 1.165) is 29.9 Å². The number of carboxylic acids is 1. The quantitative estimate of drug-likeness (QED) is 0.736. The van der Waals surface area contributed by atoms with Crippen molar-refractivity contribution >= 4 is 5.97 Å². The van der Waals surface area contributed by atoms with Gasteiger partial charge < -0.3 is 10.4 Å². The third kappa shape index (κ3) is 1.97. The number of aromatic nitrogens is 2. The SMILES string of the molecule is Cc1ncnc2c1CCNC2CC(=O)O. The molecule has 2 heterocycles. The normalized spacial score (nSPS) is 19.7. The number of aryl methyl sites for hydroxylation is 1. The highest BCUT2D eigenvalue weighted by atomic mass is 16.4. The molecule has 1 aliphatic rings. The molecule has 0 saturated carbocycles. The van der Waals surface area contributed by atoms with Crippen molar-refractivity contribution in [1.29, 1.82) is 0 Å². The molecule has 15 heavy (non-hydrogen) atoms. The molecular formula is C10H13N3O2. The molecular weight excluding hydrogens is 194 g/mol. The third-order valence-electron chi connectivity index (χ3n) is 2.67. The lowest BCUT2D eigenvalue weighted by atomic mass is 9.97. The molecule has 1 aromatic heterocycles. The topological polar surface area (TPSA) is 75.1 Å². The van der Waals surface area contributed by atoms with E-state index in [1.807, 2.05) is 6.92 Å². The Labute approximate surface area is 87.6 Å². The van der Waals surface area contributed by atoms with Crippen LogP contribution in [0.4, 0.5) is 0 Å². The van der Waals surface area contributed by atoms with Crippen LogP contribution in [0.15, 0.2) is 6.33 Å². The maximum atomic E-state index is 10.7. The van der Waals surface area contributed by atoms with Gasteiger partial charge in [-0.1, -0.05) is 0 Å². The van der Waals surface area contributed by atoms with Crippen LogP contribution in [0.3, 0.4) is 0 Å². The molecule has 0 aromatic carbocycles. The first kappa shape index (κ1) is 10.0. The molecule has 80 valence electrons. The number of fused-ring (bicyclic) bond motifs is 1. The summed E-state index contributed by atoms with van der Waals surface area (Å²) < 4.78 is 0. The molecule has 2 rings (SSSR count). The summed E-state index contributed by atoms with van der Waals surface area (Å²) in [6.07, 6.45) is 2.44. The Morgan fingerprint density at radius 3 is 3.20 bits per heavy atom. The van der Waals surface area contributed by atoms with E-state index in [-0.39, 0.29) is 12.5 Å². The molecule has 0 radical (unpaired) electrons. The van der Waals surface area contributed by atoms with Gasteiger partial charge in [0.25, 0.3) is 0 Å². The predicted octanol–water partition coefficient (Wildman–Crippen LogP) is 0.447. The fraction of sp³-hybridized carbons (Fsp3) is 0.500. The number of hydrogen-bond acceptors (Lipinski definition) is 4. The molecule has 1 aliphatic heterocycles. The van der Waals surface area contributed by atoms with Crippen LogP contribution in [0.2, 0.25) is 0 Å². The first-order valence-electron chi connectivity index (χ1n) is 4.94. The largest absolute Gasteiger partial charge is 0.481 e. The molecule has 0 spiro atoms. The summed E-state index contributed by atoms with van der Waals surface area (Å²) in [7, 11) is 0. The lowest BCUT2D eigenvalue weighted by Gasteiger charge is -2.25. The Hall–Kier alpha value is -1.49. The highest BCUT2D eigenvalue weighted by molar-refractivity contribution is 5.68. The number of rotatable bonds is 2. The summed E-state index contributed by atoms with van der Waals surface area (Å²) >= 11 is 0. The van der Waals surface area contributed by atoms with Gasteiger partial charge in [-0.15, -0.1) is 0 Å². The van der Waals surface area contributed by atoms with Crippen molar-refractivity contribution in [2.75, 3.05) is 6.54 Å². The standard InChI is InChI=1S/C10H13N3O2/c1-6-7-2-3-11-8(4-9(14)15)10(7)13-5-12-6/h5,8,11H,2-4H2,1H3,(H,14,15). The molecule has 0 aliphatic carbocycles. The minimum Gasteiger partial charge on any atom is -0.481 e. The Kier molecular flexibility index (Phi) is 2.64. The molecule has 5 nitrogen and oxygen atoms in total. The Bertz CT molecular complexity index is 392. The van der Waals surface area contributed by atoms with Gasteiger partial charge in [0, 0.05) is 5.69 Å². The first-order valence-corrected chi connectivity index (χ1v) is 4.94. The van der Waals surface area contributed by atoms with Gasteiger partial charge in [0.15, 0.2) is 0 Å². The number of carboxylic acid groups (broad SMARTS) is 1. The smallest absolute Gasteiger partial charge is 0.305 e.